The van der Waals surface area contributed by atoms with Crippen LogP contribution in [-0.2, 0) is 13.5 Å². The summed E-state index contributed by atoms with van der Waals surface area (Å²) in [6.45, 7) is 3.97. The number of likely N-dealkylation sites (tertiary alicyclic amines) is 1. The van der Waals surface area contributed by atoms with Crippen molar-refractivity contribution < 1.29 is 4.79 Å². The molecule has 2 aromatic rings. The number of piperidine rings is 1. The normalized spacial score (nSPS) is 16.1. The number of hydrogen-bond acceptors (Lipinski definition) is 3. The van der Waals surface area contributed by atoms with Gasteiger partial charge in [0, 0.05) is 49.5 Å². The van der Waals surface area contributed by atoms with Gasteiger partial charge in [0.1, 0.15) is 5.82 Å². The summed E-state index contributed by atoms with van der Waals surface area (Å²) in [5, 5.41) is 3.70. The van der Waals surface area contributed by atoms with Crippen LogP contribution in [-0.4, -0.2) is 46.5 Å². The molecule has 5 nitrogen and oxygen atoms in total. The molecular weight excluding hydrogens is 336 g/mol. The Kier molecular flexibility index (Phi) is 6.10. The molecule has 0 unspecified atom stereocenters. The maximum Gasteiger partial charge on any atom is 0.251 e. The summed E-state index contributed by atoms with van der Waals surface area (Å²) in [6, 6.07) is 7.02. The van der Waals surface area contributed by atoms with Crippen molar-refractivity contribution in [3.8, 4) is 0 Å². The Hall–Kier alpha value is -1.85. The Morgan fingerprint density at radius 2 is 2.00 bits per heavy atom. The van der Waals surface area contributed by atoms with Crippen LogP contribution < -0.4 is 5.32 Å². The van der Waals surface area contributed by atoms with E-state index in [0.29, 0.717) is 16.5 Å². The number of aryl methyl sites for hydroxylation is 1. The average molecular weight is 361 g/mol. The Morgan fingerprint density at radius 1 is 1.28 bits per heavy atom. The third-order valence-corrected chi connectivity index (χ3v) is 5.19. The first-order chi connectivity index (χ1) is 12.1. The topological polar surface area (TPSA) is 50.2 Å². The molecule has 1 aliphatic rings. The van der Waals surface area contributed by atoms with E-state index in [-0.39, 0.29) is 5.91 Å². The van der Waals surface area contributed by atoms with Gasteiger partial charge in [-0.2, -0.15) is 0 Å². The minimum atomic E-state index is -0.0196. The van der Waals surface area contributed by atoms with E-state index in [1.165, 1.54) is 0 Å². The lowest BCUT2D eigenvalue weighted by molar-refractivity contribution is 0.0936. The summed E-state index contributed by atoms with van der Waals surface area (Å²) >= 11 is 5.85. The fraction of sp³-hybridized carbons (Fsp3) is 0.474. The van der Waals surface area contributed by atoms with Crippen molar-refractivity contribution in [1.82, 2.24) is 19.8 Å². The van der Waals surface area contributed by atoms with Gasteiger partial charge in [-0.15, -0.1) is 0 Å². The first-order valence-electron chi connectivity index (χ1n) is 8.84. The number of benzene rings is 1. The number of rotatable bonds is 6. The van der Waals surface area contributed by atoms with Gasteiger partial charge in [-0.3, -0.25) is 4.79 Å². The number of halogens is 1. The van der Waals surface area contributed by atoms with Gasteiger partial charge in [-0.1, -0.05) is 11.6 Å². The fourth-order valence-electron chi connectivity index (χ4n) is 3.25. The van der Waals surface area contributed by atoms with Crippen LogP contribution >= 0.6 is 11.6 Å². The summed E-state index contributed by atoms with van der Waals surface area (Å²) in [7, 11) is 2.04. The molecule has 25 heavy (non-hydrogen) atoms. The van der Waals surface area contributed by atoms with Gasteiger partial charge in [0.15, 0.2) is 0 Å². The molecule has 6 heteroatoms. The quantitative estimate of drug-likeness (QED) is 0.861. The predicted molar refractivity (Wildman–Crippen MR) is 99.9 cm³/mol. The summed E-state index contributed by atoms with van der Waals surface area (Å²) in [4.78, 5) is 19.0. The Balaban J connectivity index is 1.37. The summed E-state index contributed by atoms with van der Waals surface area (Å²) in [5.74, 6) is 1.67. The molecule has 0 atom stereocenters. The highest BCUT2D eigenvalue weighted by molar-refractivity contribution is 6.30. The number of imidazole rings is 1. The summed E-state index contributed by atoms with van der Waals surface area (Å²) in [6.07, 6.45) is 7.08. The molecule has 0 aliphatic carbocycles. The molecule has 1 fully saturated rings. The lowest BCUT2D eigenvalue weighted by Gasteiger charge is -2.31. The maximum atomic E-state index is 12.2. The van der Waals surface area contributed by atoms with E-state index in [0.717, 1.165) is 51.3 Å². The zero-order valence-corrected chi connectivity index (χ0v) is 15.4. The lowest BCUT2D eigenvalue weighted by atomic mass is 9.96. The highest BCUT2D eigenvalue weighted by Gasteiger charge is 2.20. The van der Waals surface area contributed by atoms with Gasteiger partial charge in [0.25, 0.3) is 5.91 Å². The lowest BCUT2D eigenvalue weighted by Crippen LogP contribution is -2.39. The standard InChI is InChI=1S/C19H25ClN4O/c1-23-13-9-21-18(23)8-12-24-10-6-15(7-11-24)14-22-19(25)16-2-4-17(20)5-3-16/h2-5,9,13,15H,6-8,10-12,14H2,1H3,(H,22,25). The zero-order valence-electron chi connectivity index (χ0n) is 14.6. The van der Waals surface area contributed by atoms with E-state index in [9.17, 15) is 4.79 Å². The first-order valence-corrected chi connectivity index (χ1v) is 9.22. The molecule has 134 valence electrons. The van der Waals surface area contributed by atoms with Crippen LogP contribution in [0.1, 0.15) is 29.0 Å². The number of nitrogens with one attached hydrogen (secondary N) is 1. The van der Waals surface area contributed by atoms with E-state index in [1.807, 2.05) is 19.4 Å². The molecule has 1 aromatic carbocycles. The molecule has 1 aromatic heterocycles. The first kappa shape index (κ1) is 18.0. The van der Waals surface area contributed by atoms with Gasteiger partial charge < -0.3 is 14.8 Å². The van der Waals surface area contributed by atoms with E-state index < -0.39 is 0 Å². The minimum absolute atomic E-state index is 0.0196. The SMILES string of the molecule is Cn1ccnc1CCN1CCC(CNC(=O)c2ccc(Cl)cc2)CC1. The molecule has 1 N–H and O–H groups in total. The molecule has 3 rings (SSSR count). The van der Waals surface area contributed by atoms with Crippen LogP contribution in [0.3, 0.4) is 0 Å². The van der Waals surface area contributed by atoms with E-state index >= 15 is 0 Å². The molecule has 2 heterocycles. The highest BCUT2D eigenvalue weighted by Crippen LogP contribution is 2.17. The molecule has 0 spiro atoms. The fourth-order valence-corrected chi connectivity index (χ4v) is 3.38. The van der Waals surface area contributed by atoms with E-state index in [4.69, 9.17) is 11.6 Å². The summed E-state index contributed by atoms with van der Waals surface area (Å²) < 4.78 is 2.08. The van der Waals surface area contributed by atoms with Crippen molar-refractivity contribution >= 4 is 17.5 Å². The van der Waals surface area contributed by atoms with Crippen molar-refractivity contribution in [3.05, 3.63) is 53.1 Å². The van der Waals surface area contributed by atoms with Crippen molar-refractivity contribution in [2.24, 2.45) is 13.0 Å². The van der Waals surface area contributed by atoms with Crippen molar-refractivity contribution in [2.75, 3.05) is 26.2 Å². The highest BCUT2D eigenvalue weighted by atomic mass is 35.5. The second kappa shape index (κ2) is 8.50. The van der Waals surface area contributed by atoms with Crippen molar-refractivity contribution in [3.63, 3.8) is 0 Å². The van der Waals surface area contributed by atoms with Gasteiger partial charge in [0.05, 0.1) is 0 Å². The van der Waals surface area contributed by atoms with Gasteiger partial charge in [-0.05, 0) is 56.1 Å². The number of carbonyl (C=O) groups excluding carboxylic acids is 1. The average Bonchev–Trinajstić information content (AvgIpc) is 3.04. The zero-order chi connectivity index (χ0) is 17.6. The number of aromatic nitrogens is 2. The van der Waals surface area contributed by atoms with Crippen LogP contribution in [0.2, 0.25) is 5.02 Å². The van der Waals surface area contributed by atoms with Gasteiger partial charge in [0.2, 0.25) is 0 Å². The third kappa shape index (κ3) is 5.06. The summed E-state index contributed by atoms with van der Waals surface area (Å²) in [5.41, 5.74) is 0.664. The van der Waals surface area contributed by atoms with Crippen LogP contribution in [0.25, 0.3) is 0 Å². The molecule has 0 bridgehead atoms. The number of carbonyl (C=O) groups is 1. The smallest absolute Gasteiger partial charge is 0.251 e. The monoisotopic (exact) mass is 360 g/mol. The Morgan fingerprint density at radius 3 is 2.64 bits per heavy atom. The van der Waals surface area contributed by atoms with Gasteiger partial charge >= 0.3 is 0 Å². The van der Waals surface area contributed by atoms with E-state index in [2.05, 4.69) is 19.8 Å². The minimum Gasteiger partial charge on any atom is -0.352 e. The maximum absolute atomic E-state index is 12.2. The molecular formula is C19H25ClN4O. The van der Waals surface area contributed by atoms with Crippen LogP contribution in [0.15, 0.2) is 36.7 Å². The van der Waals surface area contributed by atoms with Crippen LogP contribution in [0, 0.1) is 5.92 Å². The molecule has 0 radical (unpaired) electrons. The van der Waals surface area contributed by atoms with E-state index in [1.54, 1.807) is 24.3 Å². The van der Waals surface area contributed by atoms with Gasteiger partial charge in [-0.25, -0.2) is 4.98 Å². The van der Waals surface area contributed by atoms with Crippen molar-refractivity contribution in [1.29, 1.82) is 0 Å². The third-order valence-electron chi connectivity index (χ3n) is 4.94. The molecule has 1 amide bonds. The molecule has 1 saturated heterocycles. The Bertz CT molecular complexity index is 690. The predicted octanol–water partition coefficient (Wildman–Crippen LogP) is 2.76. The molecule has 1 aliphatic heterocycles. The number of amides is 1. The second-order valence-electron chi connectivity index (χ2n) is 6.71. The number of nitrogens with zero attached hydrogens (tertiary/aromatic N) is 3. The largest absolute Gasteiger partial charge is 0.352 e. The van der Waals surface area contributed by atoms with Crippen LogP contribution in [0.4, 0.5) is 0 Å². The number of hydrogen-bond donors (Lipinski definition) is 1. The van der Waals surface area contributed by atoms with Crippen molar-refractivity contribution in [2.45, 2.75) is 19.3 Å². The van der Waals surface area contributed by atoms with Crippen LogP contribution in [0.5, 0.6) is 0 Å². The second-order valence-corrected chi connectivity index (χ2v) is 7.14. The molecule has 0 saturated carbocycles. The Labute approximate surface area is 154 Å².